The topological polar surface area (TPSA) is 100 Å². The minimum atomic E-state index is -0.562. The van der Waals surface area contributed by atoms with E-state index in [0.717, 1.165) is 74.6 Å². The van der Waals surface area contributed by atoms with Crippen molar-refractivity contribution in [3.05, 3.63) is 64.7 Å². The molecule has 2 aromatic carbocycles. The first kappa shape index (κ1) is 22.8. The van der Waals surface area contributed by atoms with Crippen molar-refractivity contribution in [1.29, 1.82) is 0 Å². The van der Waals surface area contributed by atoms with Crippen molar-refractivity contribution in [2.45, 2.75) is 25.2 Å². The van der Waals surface area contributed by atoms with Crippen LogP contribution in [0, 0.1) is 5.41 Å². The van der Waals surface area contributed by atoms with Crippen molar-refractivity contribution >= 4 is 11.8 Å². The number of rotatable bonds is 6. The number of amides is 2. The summed E-state index contributed by atoms with van der Waals surface area (Å²) in [5, 5.41) is 12.2. The number of ether oxygens (including phenoxy) is 2. The van der Waals surface area contributed by atoms with Gasteiger partial charge in [-0.2, -0.15) is 0 Å². The van der Waals surface area contributed by atoms with Crippen LogP contribution in [0.1, 0.15) is 45.8 Å². The fourth-order valence-corrected chi connectivity index (χ4v) is 5.70. The summed E-state index contributed by atoms with van der Waals surface area (Å²) in [4.78, 5) is 27.7. The Balaban J connectivity index is 1.46. The number of hydrogen-bond acceptors (Lipinski definition) is 6. The van der Waals surface area contributed by atoms with Gasteiger partial charge >= 0.3 is 0 Å². The molecule has 5 rings (SSSR count). The third-order valence-corrected chi connectivity index (χ3v) is 7.49. The lowest BCUT2D eigenvalue weighted by molar-refractivity contribution is -0.129. The van der Waals surface area contributed by atoms with Crippen LogP contribution in [0.25, 0.3) is 0 Å². The highest BCUT2D eigenvalue weighted by molar-refractivity contribution is 5.94. The monoisotopic (exact) mass is 465 g/mol. The number of carbonyl (C=O) groups is 2. The van der Waals surface area contributed by atoms with Crippen molar-refractivity contribution in [2.75, 3.05) is 46.0 Å². The molecule has 2 atom stereocenters. The Morgan fingerprint density at radius 1 is 1.21 bits per heavy atom. The van der Waals surface area contributed by atoms with Gasteiger partial charge < -0.3 is 14.8 Å². The Labute approximate surface area is 199 Å². The van der Waals surface area contributed by atoms with Gasteiger partial charge in [-0.25, -0.2) is 5.48 Å². The van der Waals surface area contributed by atoms with E-state index in [9.17, 15) is 9.59 Å². The number of hydroxylamine groups is 1. The van der Waals surface area contributed by atoms with E-state index in [-0.39, 0.29) is 11.8 Å². The normalized spacial score (nSPS) is 24.5. The van der Waals surface area contributed by atoms with E-state index in [4.69, 9.17) is 14.7 Å². The van der Waals surface area contributed by atoms with Crippen LogP contribution in [-0.2, 0) is 16.0 Å². The van der Waals surface area contributed by atoms with Crippen molar-refractivity contribution in [3.63, 3.8) is 0 Å². The standard InChI is InChI=1S/C26H31N3O5/c30-24(28-32)20-5-4-18-6-7-26(8-9-27-25(26)31)23(22(18)17-20)19-2-1-3-21(16-19)34-15-12-29-10-13-33-14-11-29/h1-5,16-17,23,32H,6-15H2,(H,27,31)(H,28,30)/t23?,26-/m1/s1. The second-order valence-corrected chi connectivity index (χ2v) is 9.32. The van der Waals surface area contributed by atoms with Crippen LogP contribution < -0.4 is 15.5 Å². The lowest BCUT2D eigenvalue weighted by Crippen LogP contribution is -2.41. The summed E-state index contributed by atoms with van der Waals surface area (Å²) in [5.41, 5.74) is 4.63. The Morgan fingerprint density at radius 3 is 2.82 bits per heavy atom. The summed E-state index contributed by atoms with van der Waals surface area (Å²) in [6, 6.07) is 13.5. The SMILES string of the molecule is O=C(NO)c1ccc2c(c1)C(c1cccc(OCCN3CCOCC3)c1)[C@]1(CCNC1=O)CC2. The summed E-state index contributed by atoms with van der Waals surface area (Å²) < 4.78 is 11.5. The molecule has 2 aromatic rings. The van der Waals surface area contributed by atoms with Gasteiger partial charge in [0.05, 0.1) is 18.6 Å². The molecule has 0 saturated carbocycles. The molecule has 0 aromatic heterocycles. The van der Waals surface area contributed by atoms with Crippen molar-refractivity contribution in [2.24, 2.45) is 5.41 Å². The Kier molecular flexibility index (Phi) is 6.54. The molecule has 2 aliphatic heterocycles. The number of nitrogens with zero attached hydrogens (tertiary/aromatic N) is 1. The van der Waals surface area contributed by atoms with E-state index in [1.165, 1.54) is 0 Å². The maximum absolute atomic E-state index is 13.2. The van der Waals surface area contributed by atoms with Gasteiger partial charge in [0, 0.05) is 37.7 Å². The van der Waals surface area contributed by atoms with E-state index in [1.54, 1.807) is 11.5 Å². The van der Waals surface area contributed by atoms with E-state index in [2.05, 4.69) is 10.2 Å². The zero-order valence-electron chi connectivity index (χ0n) is 19.2. The Morgan fingerprint density at radius 2 is 2.06 bits per heavy atom. The molecule has 8 nitrogen and oxygen atoms in total. The number of hydrogen-bond donors (Lipinski definition) is 3. The fourth-order valence-electron chi connectivity index (χ4n) is 5.70. The van der Waals surface area contributed by atoms with Crippen molar-refractivity contribution < 1.29 is 24.3 Å². The highest BCUT2D eigenvalue weighted by Crippen LogP contribution is 2.53. The Hall–Kier alpha value is -2.94. The highest BCUT2D eigenvalue weighted by Gasteiger charge is 2.52. The van der Waals surface area contributed by atoms with Gasteiger partial charge in [-0.15, -0.1) is 0 Å². The molecule has 3 aliphatic rings. The average Bonchev–Trinajstić information content (AvgIpc) is 3.23. The van der Waals surface area contributed by atoms with Crippen LogP contribution in [0.2, 0.25) is 0 Å². The summed E-state index contributed by atoms with van der Waals surface area (Å²) in [6.45, 7) is 5.43. The van der Waals surface area contributed by atoms with Crippen molar-refractivity contribution in [1.82, 2.24) is 15.7 Å². The second-order valence-electron chi connectivity index (χ2n) is 9.32. The number of benzene rings is 2. The zero-order chi connectivity index (χ0) is 23.5. The molecule has 34 heavy (non-hydrogen) atoms. The molecular weight excluding hydrogens is 434 g/mol. The lowest BCUT2D eigenvalue weighted by atomic mass is 9.60. The zero-order valence-corrected chi connectivity index (χ0v) is 19.2. The smallest absolute Gasteiger partial charge is 0.274 e. The molecule has 2 heterocycles. The second kappa shape index (κ2) is 9.74. The van der Waals surface area contributed by atoms with Gasteiger partial charge in [0.1, 0.15) is 12.4 Å². The first-order valence-corrected chi connectivity index (χ1v) is 12.0. The molecule has 8 heteroatoms. The number of morpholine rings is 1. The largest absolute Gasteiger partial charge is 0.492 e. The summed E-state index contributed by atoms with van der Waals surface area (Å²) in [7, 11) is 0. The number of aryl methyl sites for hydroxylation is 1. The summed E-state index contributed by atoms with van der Waals surface area (Å²) in [6.07, 6.45) is 2.27. The molecule has 180 valence electrons. The third-order valence-electron chi connectivity index (χ3n) is 7.49. The Bertz CT molecular complexity index is 1070. The predicted molar refractivity (Wildman–Crippen MR) is 125 cm³/mol. The van der Waals surface area contributed by atoms with E-state index in [0.29, 0.717) is 18.7 Å². The first-order valence-electron chi connectivity index (χ1n) is 12.0. The molecule has 0 radical (unpaired) electrons. The minimum Gasteiger partial charge on any atom is -0.492 e. The number of fused-ring (bicyclic) bond motifs is 1. The number of carbonyl (C=O) groups excluding carboxylic acids is 2. The molecule has 1 spiro atoms. The van der Waals surface area contributed by atoms with Gasteiger partial charge in [-0.05, 0) is 60.2 Å². The van der Waals surface area contributed by atoms with Crippen LogP contribution in [0.5, 0.6) is 5.75 Å². The fraction of sp³-hybridized carbons (Fsp3) is 0.462. The highest BCUT2D eigenvalue weighted by atomic mass is 16.5. The summed E-state index contributed by atoms with van der Waals surface area (Å²) >= 11 is 0. The van der Waals surface area contributed by atoms with Gasteiger partial charge in [-0.3, -0.25) is 19.7 Å². The molecule has 3 N–H and O–H groups in total. The van der Waals surface area contributed by atoms with Crippen LogP contribution in [-0.4, -0.2) is 67.9 Å². The van der Waals surface area contributed by atoms with Gasteiger partial charge in [0.15, 0.2) is 0 Å². The summed E-state index contributed by atoms with van der Waals surface area (Å²) in [5.74, 6) is 0.0831. The quantitative estimate of drug-likeness (QED) is 0.446. The molecule has 0 bridgehead atoms. The lowest BCUT2D eigenvalue weighted by Gasteiger charge is -2.41. The molecule has 1 unspecified atom stereocenters. The first-order chi connectivity index (χ1) is 16.6. The number of nitrogens with one attached hydrogen (secondary N) is 2. The average molecular weight is 466 g/mol. The van der Waals surface area contributed by atoms with Crippen LogP contribution >= 0.6 is 0 Å². The van der Waals surface area contributed by atoms with Crippen LogP contribution in [0.15, 0.2) is 42.5 Å². The van der Waals surface area contributed by atoms with Gasteiger partial charge in [-0.1, -0.05) is 18.2 Å². The molecule has 2 fully saturated rings. The maximum Gasteiger partial charge on any atom is 0.274 e. The van der Waals surface area contributed by atoms with E-state index in [1.807, 2.05) is 36.4 Å². The molecule has 1 aliphatic carbocycles. The predicted octanol–water partition coefficient (Wildman–Crippen LogP) is 2.10. The van der Waals surface area contributed by atoms with Crippen LogP contribution in [0.3, 0.4) is 0 Å². The van der Waals surface area contributed by atoms with Crippen LogP contribution in [0.4, 0.5) is 0 Å². The molecule has 2 amide bonds. The van der Waals surface area contributed by atoms with Gasteiger partial charge in [0.25, 0.3) is 5.91 Å². The molecular formula is C26H31N3O5. The van der Waals surface area contributed by atoms with Gasteiger partial charge in [0.2, 0.25) is 5.91 Å². The molecule has 2 saturated heterocycles. The van der Waals surface area contributed by atoms with E-state index < -0.39 is 11.3 Å². The van der Waals surface area contributed by atoms with E-state index >= 15 is 0 Å². The maximum atomic E-state index is 13.2. The van der Waals surface area contributed by atoms with Crippen molar-refractivity contribution in [3.8, 4) is 5.75 Å². The third kappa shape index (κ3) is 4.29. The minimum absolute atomic E-state index is 0.0683.